The third-order valence-electron chi connectivity index (χ3n) is 3.11. The molecular weight excluding hydrogens is 359 g/mol. The molecule has 4 nitrogen and oxygen atoms in total. The Morgan fingerprint density at radius 1 is 1.37 bits per heavy atom. The van der Waals surface area contributed by atoms with E-state index >= 15 is 0 Å². The zero-order valence-electron chi connectivity index (χ0n) is 10.8. The molecule has 0 saturated carbocycles. The van der Waals surface area contributed by atoms with Crippen LogP contribution in [-0.4, -0.2) is 36.0 Å². The van der Waals surface area contributed by atoms with Crippen LogP contribution in [0.3, 0.4) is 0 Å². The van der Waals surface area contributed by atoms with Gasteiger partial charge in [-0.3, -0.25) is 0 Å². The van der Waals surface area contributed by atoms with Gasteiger partial charge in [-0.2, -0.15) is 0 Å². The number of carbonyl (C=O) groups is 1. The van der Waals surface area contributed by atoms with Crippen LogP contribution in [0.4, 0.5) is 0 Å². The van der Waals surface area contributed by atoms with Crippen LogP contribution in [0.15, 0.2) is 30.3 Å². The first-order chi connectivity index (χ1) is 9.24. The van der Waals surface area contributed by atoms with E-state index in [0.29, 0.717) is 5.56 Å². The highest BCUT2D eigenvalue weighted by molar-refractivity contribution is 14.1. The molecule has 0 aliphatic carbocycles. The molecule has 0 radical (unpaired) electrons. The highest BCUT2D eigenvalue weighted by atomic mass is 127. The quantitative estimate of drug-likeness (QED) is 0.461. The van der Waals surface area contributed by atoms with Gasteiger partial charge in [-0.25, -0.2) is 4.79 Å². The van der Waals surface area contributed by atoms with E-state index in [9.17, 15) is 4.79 Å². The van der Waals surface area contributed by atoms with Crippen LogP contribution in [0.5, 0.6) is 0 Å². The predicted molar refractivity (Wildman–Crippen MR) is 79.4 cm³/mol. The van der Waals surface area contributed by atoms with Crippen molar-refractivity contribution >= 4 is 28.6 Å². The molecule has 0 unspecified atom stereocenters. The molecule has 1 aromatic rings. The van der Waals surface area contributed by atoms with Gasteiger partial charge in [-0.05, 0) is 18.6 Å². The summed E-state index contributed by atoms with van der Waals surface area (Å²) in [6.07, 6.45) is 1.02. The number of rotatable bonds is 4. The van der Waals surface area contributed by atoms with Crippen LogP contribution in [0, 0.1) is 0 Å². The van der Waals surface area contributed by atoms with E-state index < -0.39 is 0 Å². The van der Waals surface area contributed by atoms with Gasteiger partial charge in [0.2, 0.25) is 0 Å². The van der Waals surface area contributed by atoms with Crippen molar-refractivity contribution in [3.63, 3.8) is 0 Å². The maximum atomic E-state index is 12.0. The molecule has 2 rings (SSSR count). The third kappa shape index (κ3) is 3.90. The highest BCUT2D eigenvalue weighted by Crippen LogP contribution is 2.24. The van der Waals surface area contributed by atoms with Gasteiger partial charge in [0.25, 0.3) is 0 Å². The average molecular weight is 376 g/mol. The number of halogens is 1. The molecule has 1 fully saturated rings. The summed E-state index contributed by atoms with van der Waals surface area (Å²) in [5.74, 6) is -0.292. The van der Waals surface area contributed by atoms with Crippen molar-refractivity contribution in [3.8, 4) is 0 Å². The monoisotopic (exact) mass is 376 g/mol. The Labute approximate surface area is 126 Å². The Morgan fingerprint density at radius 3 is 2.74 bits per heavy atom. The fraction of sp³-hybridized carbons (Fsp3) is 0.500. The second-order valence-corrected chi connectivity index (χ2v) is 5.26. The predicted octanol–water partition coefficient (Wildman–Crippen LogP) is 2.80. The topological polar surface area (TPSA) is 44.8 Å². The zero-order valence-corrected chi connectivity index (χ0v) is 12.9. The second kappa shape index (κ2) is 7.21. The molecule has 0 N–H and O–H groups in total. The molecule has 3 atom stereocenters. The Balaban J connectivity index is 1.96. The summed E-state index contributed by atoms with van der Waals surface area (Å²) in [6, 6.07) is 9.03. The number of benzene rings is 1. The number of esters is 1. The molecule has 1 heterocycles. The van der Waals surface area contributed by atoms with Crippen LogP contribution in [0.2, 0.25) is 0 Å². The van der Waals surface area contributed by atoms with E-state index in [1.54, 1.807) is 19.2 Å². The molecule has 0 amide bonds. The van der Waals surface area contributed by atoms with Gasteiger partial charge in [0, 0.05) is 18.0 Å². The molecule has 0 aromatic heterocycles. The number of carbonyl (C=O) groups excluding carboxylic acids is 1. The molecular formula is C14H17IO4. The van der Waals surface area contributed by atoms with E-state index in [-0.39, 0.29) is 24.5 Å². The van der Waals surface area contributed by atoms with Crippen molar-refractivity contribution < 1.29 is 19.0 Å². The third-order valence-corrected chi connectivity index (χ3v) is 3.98. The SMILES string of the molecule is CO[C@@H]1CC[C@@H](OC(=O)c2ccccc2)[C@H](CI)O1. The molecule has 1 aromatic carbocycles. The highest BCUT2D eigenvalue weighted by Gasteiger charge is 2.33. The van der Waals surface area contributed by atoms with Crippen LogP contribution >= 0.6 is 22.6 Å². The molecule has 1 saturated heterocycles. The van der Waals surface area contributed by atoms with Gasteiger partial charge in [0.1, 0.15) is 12.2 Å². The fourth-order valence-corrected chi connectivity index (χ4v) is 2.84. The van der Waals surface area contributed by atoms with Gasteiger partial charge in [0.05, 0.1) is 5.56 Å². The minimum Gasteiger partial charge on any atom is -0.456 e. The van der Waals surface area contributed by atoms with E-state index in [1.807, 2.05) is 18.2 Å². The minimum atomic E-state index is -0.292. The van der Waals surface area contributed by atoms with Crippen molar-refractivity contribution in [2.45, 2.75) is 31.3 Å². The standard InChI is InChI=1S/C14H17IO4/c1-17-13-8-7-11(12(9-15)18-13)19-14(16)10-5-3-2-4-6-10/h2-6,11-13H,7-9H2,1H3/t11-,12+,13+/m1/s1. The molecule has 0 bridgehead atoms. The maximum absolute atomic E-state index is 12.0. The molecule has 0 spiro atoms. The number of alkyl halides is 1. The van der Waals surface area contributed by atoms with Gasteiger partial charge >= 0.3 is 5.97 Å². The number of hydrogen-bond donors (Lipinski definition) is 0. The lowest BCUT2D eigenvalue weighted by Crippen LogP contribution is -2.43. The summed E-state index contributed by atoms with van der Waals surface area (Å²) in [6.45, 7) is 0. The van der Waals surface area contributed by atoms with Crippen LogP contribution in [-0.2, 0) is 14.2 Å². The lowest BCUT2D eigenvalue weighted by Gasteiger charge is -2.34. The van der Waals surface area contributed by atoms with Crippen molar-refractivity contribution in [2.75, 3.05) is 11.5 Å². The summed E-state index contributed by atoms with van der Waals surface area (Å²) >= 11 is 2.24. The fourth-order valence-electron chi connectivity index (χ4n) is 2.06. The van der Waals surface area contributed by atoms with Gasteiger partial charge in [-0.1, -0.05) is 40.8 Å². The zero-order chi connectivity index (χ0) is 13.7. The molecule has 1 aliphatic rings. The van der Waals surface area contributed by atoms with Gasteiger partial charge < -0.3 is 14.2 Å². The van der Waals surface area contributed by atoms with Crippen molar-refractivity contribution in [2.24, 2.45) is 0 Å². The Kier molecular flexibility index (Phi) is 5.59. The normalized spacial score (nSPS) is 26.9. The van der Waals surface area contributed by atoms with Crippen LogP contribution < -0.4 is 0 Å². The Hall–Kier alpha value is -0.660. The summed E-state index contributed by atoms with van der Waals surface area (Å²) < 4.78 is 17.2. The number of hydrogen-bond acceptors (Lipinski definition) is 4. The summed E-state index contributed by atoms with van der Waals surface area (Å²) in [4.78, 5) is 12.0. The van der Waals surface area contributed by atoms with E-state index in [0.717, 1.165) is 17.3 Å². The first-order valence-electron chi connectivity index (χ1n) is 6.25. The Morgan fingerprint density at radius 2 is 2.11 bits per heavy atom. The van der Waals surface area contributed by atoms with Crippen LogP contribution in [0.25, 0.3) is 0 Å². The van der Waals surface area contributed by atoms with Crippen LogP contribution in [0.1, 0.15) is 23.2 Å². The number of ether oxygens (including phenoxy) is 3. The lowest BCUT2D eigenvalue weighted by molar-refractivity contribution is -0.204. The largest absolute Gasteiger partial charge is 0.456 e. The van der Waals surface area contributed by atoms with Crippen molar-refractivity contribution in [3.05, 3.63) is 35.9 Å². The summed E-state index contributed by atoms with van der Waals surface area (Å²) in [5, 5.41) is 0. The number of methoxy groups -OCH3 is 1. The smallest absolute Gasteiger partial charge is 0.338 e. The molecule has 104 valence electrons. The minimum absolute atomic E-state index is 0.105. The summed E-state index contributed by atoms with van der Waals surface area (Å²) in [7, 11) is 1.63. The first-order valence-corrected chi connectivity index (χ1v) is 7.77. The molecule has 1 aliphatic heterocycles. The van der Waals surface area contributed by atoms with E-state index in [4.69, 9.17) is 14.2 Å². The van der Waals surface area contributed by atoms with Gasteiger partial charge in [-0.15, -0.1) is 0 Å². The summed E-state index contributed by atoms with van der Waals surface area (Å²) in [5.41, 5.74) is 0.573. The van der Waals surface area contributed by atoms with Gasteiger partial charge in [0.15, 0.2) is 6.29 Å². The Bertz CT molecular complexity index is 409. The average Bonchev–Trinajstić information content (AvgIpc) is 2.48. The lowest BCUT2D eigenvalue weighted by atomic mass is 10.1. The van der Waals surface area contributed by atoms with Crippen molar-refractivity contribution in [1.29, 1.82) is 0 Å². The molecule has 19 heavy (non-hydrogen) atoms. The van der Waals surface area contributed by atoms with E-state index in [2.05, 4.69) is 22.6 Å². The first kappa shape index (κ1) is 14.7. The maximum Gasteiger partial charge on any atom is 0.338 e. The van der Waals surface area contributed by atoms with Crippen molar-refractivity contribution in [1.82, 2.24) is 0 Å². The second-order valence-electron chi connectivity index (χ2n) is 4.38. The van der Waals surface area contributed by atoms with E-state index in [1.165, 1.54) is 0 Å². The molecule has 5 heteroatoms.